The van der Waals surface area contributed by atoms with Crippen molar-refractivity contribution in [1.82, 2.24) is 9.21 Å². The van der Waals surface area contributed by atoms with Crippen LogP contribution in [0.1, 0.15) is 13.8 Å². The van der Waals surface area contributed by atoms with Gasteiger partial charge in [-0.2, -0.15) is 4.31 Å². The molecule has 1 saturated heterocycles. The highest BCUT2D eigenvalue weighted by Crippen LogP contribution is 2.22. The van der Waals surface area contributed by atoms with Crippen molar-refractivity contribution in [2.75, 3.05) is 26.2 Å². The van der Waals surface area contributed by atoms with Gasteiger partial charge in [0.05, 0.1) is 5.92 Å². The smallest absolute Gasteiger partial charge is 0.246 e. The van der Waals surface area contributed by atoms with Gasteiger partial charge in [-0.15, -0.1) is 0 Å². The Labute approximate surface area is 140 Å². The molecule has 2 atom stereocenters. The Morgan fingerprint density at radius 2 is 1.75 bits per heavy atom. The van der Waals surface area contributed by atoms with Crippen molar-refractivity contribution in [3.05, 3.63) is 29.8 Å². The molecule has 9 heteroatoms. The number of sulfonamides is 1. The minimum Gasteiger partial charge on any atom is -0.340 e. The van der Waals surface area contributed by atoms with E-state index in [-0.39, 0.29) is 44.0 Å². The van der Waals surface area contributed by atoms with Gasteiger partial charge in [0.2, 0.25) is 15.9 Å². The summed E-state index contributed by atoms with van der Waals surface area (Å²) in [7, 11) is -4.07. The second-order valence-electron chi connectivity index (χ2n) is 5.95. The molecule has 1 aromatic rings. The van der Waals surface area contributed by atoms with Crippen LogP contribution < -0.4 is 5.73 Å². The number of hydrogen-bond donors (Lipinski definition) is 1. The van der Waals surface area contributed by atoms with Gasteiger partial charge in [0.15, 0.2) is 0 Å². The van der Waals surface area contributed by atoms with Gasteiger partial charge in [-0.05, 0) is 19.1 Å². The number of benzene rings is 1. The van der Waals surface area contributed by atoms with E-state index in [9.17, 15) is 22.0 Å². The molecule has 1 heterocycles. The summed E-state index contributed by atoms with van der Waals surface area (Å²) in [4.78, 5) is 13.2. The minimum atomic E-state index is -4.07. The fraction of sp³-hybridized carbons (Fsp3) is 0.533. The number of nitrogens with zero attached hydrogens (tertiary/aromatic N) is 2. The summed E-state index contributed by atoms with van der Waals surface area (Å²) in [6.45, 7) is 3.98. The normalized spacial score (nSPS) is 19.1. The molecule has 0 spiro atoms. The number of nitrogens with two attached hydrogens (primary N) is 1. The van der Waals surface area contributed by atoms with Crippen molar-refractivity contribution in [3.8, 4) is 0 Å². The van der Waals surface area contributed by atoms with E-state index in [1.54, 1.807) is 18.7 Å². The molecule has 0 radical (unpaired) electrons. The van der Waals surface area contributed by atoms with Crippen LogP contribution in [0.5, 0.6) is 0 Å². The van der Waals surface area contributed by atoms with Crippen molar-refractivity contribution in [2.24, 2.45) is 11.7 Å². The molecular formula is C15H21F2N3O3S. The van der Waals surface area contributed by atoms with E-state index in [4.69, 9.17) is 5.73 Å². The average Bonchev–Trinajstić information content (AvgIpc) is 2.53. The van der Waals surface area contributed by atoms with Gasteiger partial charge in [-0.1, -0.05) is 6.92 Å². The molecule has 2 N–H and O–H groups in total. The van der Waals surface area contributed by atoms with Gasteiger partial charge in [0, 0.05) is 38.3 Å². The first-order valence-electron chi connectivity index (χ1n) is 7.64. The molecule has 134 valence electrons. The molecule has 0 saturated carbocycles. The molecule has 6 nitrogen and oxygen atoms in total. The van der Waals surface area contributed by atoms with Crippen LogP contribution in [0.4, 0.5) is 8.78 Å². The lowest BCUT2D eigenvalue weighted by Gasteiger charge is -2.35. The quantitative estimate of drug-likeness (QED) is 0.859. The summed E-state index contributed by atoms with van der Waals surface area (Å²) < 4.78 is 52.8. The SMILES string of the molecule is CC(N)C(C)C(=O)N1CCN(S(=O)(=O)c2ccc(F)cc2F)CC1. The summed E-state index contributed by atoms with van der Waals surface area (Å²) in [5, 5.41) is 0. The van der Waals surface area contributed by atoms with Crippen LogP contribution in [-0.4, -0.2) is 55.8 Å². The lowest BCUT2D eigenvalue weighted by Crippen LogP contribution is -2.53. The Bertz CT molecular complexity index is 717. The molecule has 1 aliphatic rings. The second-order valence-corrected chi connectivity index (χ2v) is 7.86. The summed E-state index contributed by atoms with van der Waals surface area (Å²) in [5.74, 6) is -2.46. The van der Waals surface area contributed by atoms with E-state index < -0.39 is 26.6 Å². The first kappa shape index (κ1) is 18.8. The van der Waals surface area contributed by atoms with Crippen LogP contribution >= 0.6 is 0 Å². The summed E-state index contributed by atoms with van der Waals surface area (Å²) in [6.07, 6.45) is 0. The molecule has 0 aromatic heterocycles. The molecule has 0 aliphatic carbocycles. The zero-order valence-corrected chi connectivity index (χ0v) is 14.4. The zero-order chi connectivity index (χ0) is 18.1. The van der Waals surface area contributed by atoms with E-state index in [1.807, 2.05) is 0 Å². The lowest BCUT2D eigenvalue weighted by atomic mass is 10.0. The first-order chi connectivity index (χ1) is 11.1. The predicted octanol–water partition coefficient (Wildman–Crippen LogP) is 0.781. The largest absolute Gasteiger partial charge is 0.340 e. The van der Waals surface area contributed by atoms with Crippen LogP contribution in [0.15, 0.2) is 23.1 Å². The van der Waals surface area contributed by atoms with Crippen molar-refractivity contribution in [1.29, 1.82) is 0 Å². The van der Waals surface area contributed by atoms with Gasteiger partial charge in [-0.3, -0.25) is 4.79 Å². The lowest BCUT2D eigenvalue weighted by molar-refractivity contribution is -0.136. The summed E-state index contributed by atoms with van der Waals surface area (Å²) in [5.41, 5.74) is 5.72. The van der Waals surface area contributed by atoms with Crippen molar-refractivity contribution in [2.45, 2.75) is 24.8 Å². The maximum Gasteiger partial charge on any atom is 0.246 e. The number of hydrogen-bond acceptors (Lipinski definition) is 4. The molecule has 1 fully saturated rings. The van der Waals surface area contributed by atoms with E-state index in [0.29, 0.717) is 6.07 Å². The summed E-state index contributed by atoms with van der Waals surface area (Å²) >= 11 is 0. The Morgan fingerprint density at radius 1 is 1.17 bits per heavy atom. The number of carbonyl (C=O) groups is 1. The van der Waals surface area contributed by atoms with Gasteiger partial charge in [-0.25, -0.2) is 17.2 Å². The standard InChI is InChI=1S/C15H21F2N3O3S/c1-10(11(2)18)15(21)19-5-7-20(8-6-19)24(22,23)14-4-3-12(16)9-13(14)17/h3-4,9-11H,5-8,18H2,1-2H3. The first-order valence-corrected chi connectivity index (χ1v) is 9.08. The van der Waals surface area contributed by atoms with Crippen LogP contribution in [-0.2, 0) is 14.8 Å². The Morgan fingerprint density at radius 3 is 2.25 bits per heavy atom. The minimum absolute atomic E-state index is 0.0521. The van der Waals surface area contributed by atoms with Crippen LogP contribution in [0.2, 0.25) is 0 Å². The molecular weight excluding hydrogens is 340 g/mol. The van der Waals surface area contributed by atoms with Gasteiger partial charge in [0.1, 0.15) is 16.5 Å². The number of piperazine rings is 1. The van der Waals surface area contributed by atoms with Crippen molar-refractivity contribution < 1.29 is 22.0 Å². The number of amides is 1. The van der Waals surface area contributed by atoms with Crippen LogP contribution in [0.3, 0.4) is 0 Å². The number of rotatable bonds is 4. The zero-order valence-electron chi connectivity index (χ0n) is 13.6. The van der Waals surface area contributed by atoms with E-state index in [0.717, 1.165) is 16.4 Å². The van der Waals surface area contributed by atoms with Crippen molar-refractivity contribution >= 4 is 15.9 Å². The molecule has 2 unspecified atom stereocenters. The fourth-order valence-corrected chi connectivity index (χ4v) is 3.95. The van der Waals surface area contributed by atoms with E-state index in [2.05, 4.69) is 0 Å². The number of carbonyl (C=O) groups excluding carboxylic acids is 1. The third-order valence-corrected chi connectivity index (χ3v) is 6.17. The Kier molecular flexibility index (Phi) is 5.56. The molecule has 0 bridgehead atoms. The Balaban J connectivity index is 2.10. The predicted molar refractivity (Wildman–Crippen MR) is 84.5 cm³/mol. The number of halogens is 2. The maximum absolute atomic E-state index is 13.8. The maximum atomic E-state index is 13.8. The van der Waals surface area contributed by atoms with Gasteiger partial charge in [0.25, 0.3) is 0 Å². The second kappa shape index (κ2) is 7.12. The molecule has 24 heavy (non-hydrogen) atoms. The van der Waals surface area contributed by atoms with Crippen molar-refractivity contribution in [3.63, 3.8) is 0 Å². The van der Waals surface area contributed by atoms with Gasteiger partial charge >= 0.3 is 0 Å². The fourth-order valence-electron chi connectivity index (χ4n) is 2.49. The Hall–Kier alpha value is -1.58. The van der Waals surface area contributed by atoms with Crippen LogP contribution in [0, 0.1) is 17.6 Å². The molecule has 1 aromatic carbocycles. The van der Waals surface area contributed by atoms with E-state index in [1.165, 1.54) is 0 Å². The highest BCUT2D eigenvalue weighted by Gasteiger charge is 2.33. The average molecular weight is 361 g/mol. The molecule has 1 aliphatic heterocycles. The molecule has 2 rings (SSSR count). The van der Waals surface area contributed by atoms with Gasteiger partial charge < -0.3 is 10.6 Å². The molecule has 1 amide bonds. The highest BCUT2D eigenvalue weighted by molar-refractivity contribution is 7.89. The third kappa shape index (κ3) is 3.73. The van der Waals surface area contributed by atoms with Crippen LogP contribution in [0.25, 0.3) is 0 Å². The summed E-state index contributed by atoms with van der Waals surface area (Å²) in [6, 6.07) is 2.06. The third-order valence-electron chi connectivity index (χ3n) is 4.24. The van der Waals surface area contributed by atoms with E-state index >= 15 is 0 Å². The monoisotopic (exact) mass is 361 g/mol. The highest BCUT2D eigenvalue weighted by atomic mass is 32.2. The topological polar surface area (TPSA) is 83.7 Å².